The molecule has 3 aliphatic carbocycles. The maximum Gasteiger partial charge on any atom is 0.0597 e. The van der Waals surface area contributed by atoms with Gasteiger partial charge in [0.1, 0.15) is 0 Å². The molecule has 0 unspecified atom stereocenters. The lowest BCUT2D eigenvalue weighted by Crippen LogP contribution is -2.36. The molecule has 164 valence electrons. The van der Waals surface area contributed by atoms with Crippen molar-refractivity contribution in [2.24, 2.45) is 0 Å². The summed E-state index contributed by atoms with van der Waals surface area (Å²) in [5.41, 5.74) is 0. The second-order valence-electron chi connectivity index (χ2n) is 9.23. The van der Waals surface area contributed by atoms with E-state index in [1.807, 2.05) is 0 Å². The zero-order chi connectivity index (χ0) is 19.3. The summed E-state index contributed by atoms with van der Waals surface area (Å²) in [6, 6.07) is 0. The second kappa shape index (κ2) is 14.0. The number of ether oxygens (including phenoxy) is 3. The van der Waals surface area contributed by atoms with Crippen LogP contribution in [0.25, 0.3) is 0 Å². The van der Waals surface area contributed by atoms with Crippen LogP contribution in [-0.2, 0) is 14.2 Å². The third-order valence-electron chi connectivity index (χ3n) is 6.94. The average Bonchev–Trinajstić information content (AvgIpc) is 2.76. The summed E-state index contributed by atoms with van der Waals surface area (Å²) in [5.74, 6) is 0. The molecule has 0 bridgehead atoms. The molecular formula is C24H45NO3. The molecule has 0 aliphatic heterocycles. The van der Waals surface area contributed by atoms with E-state index in [1.165, 1.54) is 96.3 Å². The zero-order valence-corrected chi connectivity index (χ0v) is 18.3. The van der Waals surface area contributed by atoms with Crippen LogP contribution in [0, 0.1) is 0 Å². The van der Waals surface area contributed by atoms with E-state index in [2.05, 4.69) is 4.90 Å². The fraction of sp³-hybridized carbons (Fsp3) is 1.00. The highest BCUT2D eigenvalue weighted by molar-refractivity contribution is 4.69. The third-order valence-corrected chi connectivity index (χ3v) is 6.94. The van der Waals surface area contributed by atoms with Crippen LogP contribution in [-0.4, -0.2) is 62.7 Å². The van der Waals surface area contributed by atoms with E-state index in [0.29, 0.717) is 18.3 Å². The van der Waals surface area contributed by atoms with E-state index in [-0.39, 0.29) is 0 Å². The van der Waals surface area contributed by atoms with E-state index in [4.69, 9.17) is 14.2 Å². The van der Waals surface area contributed by atoms with Crippen molar-refractivity contribution in [1.82, 2.24) is 4.90 Å². The van der Waals surface area contributed by atoms with Gasteiger partial charge in [0.25, 0.3) is 0 Å². The van der Waals surface area contributed by atoms with Gasteiger partial charge in [-0.3, -0.25) is 4.90 Å². The Kier molecular flexibility index (Phi) is 11.2. The van der Waals surface area contributed by atoms with Crippen molar-refractivity contribution < 1.29 is 14.2 Å². The molecule has 0 N–H and O–H groups in total. The molecule has 3 aliphatic rings. The van der Waals surface area contributed by atoms with Gasteiger partial charge >= 0.3 is 0 Å². The highest BCUT2D eigenvalue weighted by atomic mass is 16.5. The number of hydrogen-bond acceptors (Lipinski definition) is 4. The lowest BCUT2D eigenvalue weighted by Gasteiger charge is -2.28. The molecule has 28 heavy (non-hydrogen) atoms. The van der Waals surface area contributed by atoms with Gasteiger partial charge in [0.15, 0.2) is 0 Å². The van der Waals surface area contributed by atoms with Crippen LogP contribution >= 0.6 is 0 Å². The Morgan fingerprint density at radius 1 is 0.429 bits per heavy atom. The fourth-order valence-corrected chi connectivity index (χ4v) is 5.08. The fourth-order valence-electron chi connectivity index (χ4n) is 5.08. The van der Waals surface area contributed by atoms with Gasteiger partial charge in [-0.05, 0) is 38.5 Å². The summed E-state index contributed by atoms with van der Waals surface area (Å²) >= 11 is 0. The van der Waals surface area contributed by atoms with E-state index in [0.717, 1.165) is 39.5 Å². The summed E-state index contributed by atoms with van der Waals surface area (Å²) in [7, 11) is 0. The van der Waals surface area contributed by atoms with Crippen molar-refractivity contribution in [1.29, 1.82) is 0 Å². The lowest BCUT2D eigenvalue weighted by atomic mass is 9.98. The topological polar surface area (TPSA) is 30.9 Å². The van der Waals surface area contributed by atoms with Crippen LogP contribution in [0.1, 0.15) is 96.3 Å². The lowest BCUT2D eigenvalue weighted by molar-refractivity contribution is -0.0183. The van der Waals surface area contributed by atoms with Crippen molar-refractivity contribution in [3.05, 3.63) is 0 Å². The van der Waals surface area contributed by atoms with Gasteiger partial charge in [-0.2, -0.15) is 0 Å². The SMILES string of the molecule is C1CCC(OCCN(CCOC2CCCCC2)CCOC2CCCCC2)CC1. The minimum absolute atomic E-state index is 0.507. The average molecular weight is 396 g/mol. The maximum atomic E-state index is 6.18. The second-order valence-corrected chi connectivity index (χ2v) is 9.23. The van der Waals surface area contributed by atoms with Gasteiger partial charge in [0.05, 0.1) is 38.1 Å². The zero-order valence-electron chi connectivity index (χ0n) is 18.3. The highest BCUT2D eigenvalue weighted by Crippen LogP contribution is 2.22. The molecule has 0 amide bonds. The van der Waals surface area contributed by atoms with Crippen molar-refractivity contribution in [2.75, 3.05) is 39.5 Å². The Morgan fingerprint density at radius 3 is 1.00 bits per heavy atom. The summed E-state index contributed by atoms with van der Waals surface area (Å²) < 4.78 is 18.5. The monoisotopic (exact) mass is 395 g/mol. The predicted octanol–water partition coefficient (Wildman–Crippen LogP) is 5.34. The summed E-state index contributed by atoms with van der Waals surface area (Å²) in [4.78, 5) is 2.51. The molecule has 3 fully saturated rings. The molecule has 0 heterocycles. The molecule has 0 aromatic rings. The molecule has 3 saturated carbocycles. The van der Waals surface area contributed by atoms with Crippen LogP contribution in [0.5, 0.6) is 0 Å². The summed E-state index contributed by atoms with van der Waals surface area (Å²) in [6.45, 7) is 5.61. The van der Waals surface area contributed by atoms with Crippen LogP contribution in [0.2, 0.25) is 0 Å². The molecule has 0 spiro atoms. The molecule has 0 aromatic carbocycles. The minimum atomic E-state index is 0.507. The third kappa shape index (κ3) is 9.11. The van der Waals surface area contributed by atoms with Gasteiger partial charge in [-0.25, -0.2) is 0 Å². The molecule has 0 aromatic heterocycles. The minimum Gasteiger partial charge on any atom is -0.377 e. The number of nitrogens with zero attached hydrogens (tertiary/aromatic N) is 1. The molecule has 4 nitrogen and oxygen atoms in total. The molecule has 0 radical (unpaired) electrons. The molecule has 3 rings (SSSR count). The summed E-state index contributed by atoms with van der Waals surface area (Å²) in [6.07, 6.45) is 21.3. The van der Waals surface area contributed by atoms with Gasteiger partial charge in [-0.1, -0.05) is 57.8 Å². The number of rotatable bonds is 12. The first-order valence-electron chi connectivity index (χ1n) is 12.5. The van der Waals surface area contributed by atoms with Crippen molar-refractivity contribution in [2.45, 2.75) is 115 Å². The van der Waals surface area contributed by atoms with Gasteiger partial charge in [0.2, 0.25) is 0 Å². The van der Waals surface area contributed by atoms with Crippen LogP contribution < -0.4 is 0 Å². The quantitative estimate of drug-likeness (QED) is 0.446. The van der Waals surface area contributed by atoms with E-state index in [9.17, 15) is 0 Å². The largest absolute Gasteiger partial charge is 0.377 e. The van der Waals surface area contributed by atoms with Gasteiger partial charge in [-0.15, -0.1) is 0 Å². The van der Waals surface area contributed by atoms with Crippen molar-refractivity contribution >= 4 is 0 Å². The predicted molar refractivity (Wildman–Crippen MR) is 115 cm³/mol. The van der Waals surface area contributed by atoms with E-state index < -0.39 is 0 Å². The first kappa shape index (κ1) is 22.5. The Bertz CT molecular complexity index is 317. The molecule has 0 atom stereocenters. The molecule has 0 saturated heterocycles. The highest BCUT2D eigenvalue weighted by Gasteiger charge is 2.17. The molecular weight excluding hydrogens is 350 g/mol. The van der Waals surface area contributed by atoms with Crippen molar-refractivity contribution in [3.63, 3.8) is 0 Å². The number of hydrogen-bond donors (Lipinski definition) is 0. The Morgan fingerprint density at radius 2 is 0.714 bits per heavy atom. The van der Waals surface area contributed by atoms with E-state index in [1.54, 1.807) is 0 Å². The summed E-state index contributed by atoms with van der Waals surface area (Å²) in [5, 5.41) is 0. The maximum absolute atomic E-state index is 6.18. The van der Waals surface area contributed by atoms with Gasteiger partial charge < -0.3 is 14.2 Å². The van der Waals surface area contributed by atoms with E-state index >= 15 is 0 Å². The van der Waals surface area contributed by atoms with Crippen LogP contribution in [0.4, 0.5) is 0 Å². The van der Waals surface area contributed by atoms with Crippen molar-refractivity contribution in [3.8, 4) is 0 Å². The first-order chi connectivity index (χ1) is 13.9. The van der Waals surface area contributed by atoms with Crippen LogP contribution in [0.15, 0.2) is 0 Å². The van der Waals surface area contributed by atoms with Gasteiger partial charge in [0, 0.05) is 19.6 Å². The molecule has 4 heteroatoms. The standard InChI is InChI=1S/C24H45NO3/c1-4-10-22(11-5-1)26-19-16-25(17-20-27-23-12-6-2-7-13-23)18-21-28-24-14-8-3-9-15-24/h22-24H,1-21H2. The Hall–Kier alpha value is -0.160. The Balaban J connectivity index is 1.32. The van der Waals surface area contributed by atoms with Crippen LogP contribution in [0.3, 0.4) is 0 Å². The smallest absolute Gasteiger partial charge is 0.0597 e. The Labute approximate surface area is 173 Å². The normalized spacial score (nSPS) is 23.5. The first-order valence-corrected chi connectivity index (χ1v) is 12.5.